The molecule has 1 amide bonds. The van der Waals surface area contributed by atoms with Gasteiger partial charge in [0.25, 0.3) is 11.8 Å². The van der Waals surface area contributed by atoms with Crippen LogP contribution in [0.15, 0.2) is 59.1 Å². The van der Waals surface area contributed by atoms with Crippen molar-refractivity contribution < 1.29 is 18.8 Å². The molecule has 1 aromatic heterocycles. The number of rotatable bonds is 7. The van der Waals surface area contributed by atoms with Gasteiger partial charge >= 0.3 is 0 Å². The van der Waals surface area contributed by atoms with Crippen molar-refractivity contribution in [2.24, 2.45) is 0 Å². The lowest BCUT2D eigenvalue weighted by molar-refractivity contribution is -0.146. The van der Waals surface area contributed by atoms with Crippen LogP contribution in [0.3, 0.4) is 0 Å². The molecule has 1 saturated carbocycles. The first-order valence-corrected chi connectivity index (χ1v) is 10.3. The molecule has 5 rings (SSSR count). The zero-order chi connectivity index (χ0) is 20.5. The third-order valence-corrected chi connectivity index (χ3v) is 5.36. The van der Waals surface area contributed by atoms with E-state index in [0.29, 0.717) is 36.4 Å². The number of aromatic nitrogens is 2. The maximum absolute atomic E-state index is 12.6. The van der Waals surface area contributed by atoms with Crippen molar-refractivity contribution in [2.45, 2.75) is 37.9 Å². The number of benzene rings is 2. The van der Waals surface area contributed by atoms with Gasteiger partial charge in [0.05, 0.1) is 18.7 Å². The third-order valence-electron chi connectivity index (χ3n) is 5.36. The molecule has 0 bridgehead atoms. The molecule has 30 heavy (non-hydrogen) atoms. The number of hydrogen-bond donors (Lipinski definition) is 0. The van der Waals surface area contributed by atoms with Gasteiger partial charge in [0.1, 0.15) is 17.6 Å². The lowest BCUT2D eigenvalue weighted by Crippen LogP contribution is -2.58. The smallest absolute Gasteiger partial charge is 0.263 e. The van der Waals surface area contributed by atoms with Gasteiger partial charge in [-0.05, 0) is 44.0 Å². The molecule has 3 aromatic rings. The largest absolute Gasteiger partial charge is 0.486 e. The average molecular weight is 405 g/mol. The Hall–Kier alpha value is -3.35. The minimum Gasteiger partial charge on any atom is -0.486 e. The van der Waals surface area contributed by atoms with Gasteiger partial charge in [-0.2, -0.15) is 4.98 Å². The molecule has 1 atom stereocenters. The number of carbonyl (C=O) groups excluding carboxylic acids is 1. The monoisotopic (exact) mass is 405 g/mol. The van der Waals surface area contributed by atoms with Crippen LogP contribution in [-0.2, 0) is 4.79 Å². The van der Waals surface area contributed by atoms with Gasteiger partial charge in [-0.15, -0.1) is 0 Å². The van der Waals surface area contributed by atoms with Gasteiger partial charge in [0, 0.05) is 5.92 Å². The van der Waals surface area contributed by atoms with E-state index in [1.54, 1.807) is 11.8 Å². The Labute approximate surface area is 174 Å². The molecular weight excluding hydrogens is 382 g/mol. The van der Waals surface area contributed by atoms with Crippen LogP contribution in [0.5, 0.6) is 11.5 Å². The lowest BCUT2D eigenvalue weighted by atomic mass is 10.1. The fourth-order valence-electron chi connectivity index (χ4n) is 3.48. The number of ether oxygens (including phenoxy) is 2. The number of hydrogen-bond acceptors (Lipinski definition) is 6. The van der Waals surface area contributed by atoms with E-state index in [4.69, 9.17) is 14.0 Å². The van der Waals surface area contributed by atoms with Gasteiger partial charge in [-0.1, -0.05) is 35.5 Å². The average Bonchev–Trinajstić information content (AvgIpc) is 3.48. The molecule has 0 spiro atoms. The summed E-state index contributed by atoms with van der Waals surface area (Å²) >= 11 is 0. The quantitative estimate of drug-likeness (QED) is 0.597. The fourth-order valence-corrected chi connectivity index (χ4v) is 3.48. The van der Waals surface area contributed by atoms with Gasteiger partial charge in [0.15, 0.2) is 11.9 Å². The molecule has 7 nitrogen and oxygen atoms in total. The highest BCUT2D eigenvalue weighted by molar-refractivity contribution is 5.81. The SMILES string of the molecule is CC(Oc1ccccc1)C(=O)N1CC(Oc2ccccc2-c2nc(C3CC3)no2)C1. The summed E-state index contributed by atoms with van der Waals surface area (Å²) in [4.78, 5) is 18.9. The summed E-state index contributed by atoms with van der Waals surface area (Å²) < 4.78 is 17.3. The van der Waals surface area contributed by atoms with E-state index in [0.717, 1.165) is 24.2 Å². The van der Waals surface area contributed by atoms with Crippen molar-refractivity contribution in [3.05, 3.63) is 60.4 Å². The standard InChI is InChI=1S/C23H23N3O4/c1-15(28-17-7-3-2-4-8-17)23(27)26-13-18(14-26)29-20-10-6-5-9-19(20)22-24-21(25-30-22)16-11-12-16/h2-10,15-16,18H,11-14H2,1H3. The highest BCUT2D eigenvalue weighted by Crippen LogP contribution is 2.39. The highest BCUT2D eigenvalue weighted by Gasteiger charge is 2.36. The predicted molar refractivity (Wildman–Crippen MR) is 109 cm³/mol. The van der Waals surface area contributed by atoms with Crippen LogP contribution < -0.4 is 9.47 Å². The second-order valence-electron chi connectivity index (χ2n) is 7.78. The van der Waals surface area contributed by atoms with Crippen molar-refractivity contribution in [3.8, 4) is 23.0 Å². The first-order chi connectivity index (χ1) is 14.7. The highest BCUT2D eigenvalue weighted by atomic mass is 16.5. The van der Waals surface area contributed by atoms with Crippen LogP contribution in [0, 0.1) is 0 Å². The van der Waals surface area contributed by atoms with Crippen LogP contribution in [0.2, 0.25) is 0 Å². The second-order valence-corrected chi connectivity index (χ2v) is 7.78. The molecule has 1 aliphatic heterocycles. The summed E-state index contributed by atoms with van der Waals surface area (Å²) in [5, 5.41) is 4.09. The lowest BCUT2D eigenvalue weighted by Gasteiger charge is -2.40. The van der Waals surface area contributed by atoms with E-state index >= 15 is 0 Å². The minimum absolute atomic E-state index is 0.0436. The number of amides is 1. The first kappa shape index (κ1) is 18.7. The van der Waals surface area contributed by atoms with Crippen LogP contribution >= 0.6 is 0 Å². The van der Waals surface area contributed by atoms with E-state index in [1.165, 1.54) is 0 Å². The Balaban J connectivity index is 1.19. The Morgan fingerprint density at radius 3 is 2.60 bits per heavy atom. The molecule has 2 fully saturated rings. The summed E-state index contributed by atoms with van der Waals surface area (Å²) in [6, 6.07) is 17.0. The van der Waals surface area contributed by atoms with Crippen molar-refractivity contribution >= 4 is 5.91 Å². The fraction of sp³-hybridized carbons (Fsp3) is 0.348. The van der Waals surface area contributed by atoms with Crippen molar-refractivity contribution in [2.75, 3.05) is 13.1 Å². The summed E-state index contributed by atoms with van der Waals surface area (Å²) in [7, 11) is 0. The molecule has 2 aliphatic rings. The number of carbonyl (C=O) groups is 1. The summed E-state index contributed by atoms with van der Waals surface area (Å²) in [5.41, 5.74) is 0.780. The van der Waals surface area contributed by atoms with E-state index in [9.17, 15) is 4.79 Å². The van der Waals surface area contributed by atoms with Crippen LogP contribution in [0.1, 0.15) is 31.5 Å². The van der Waals surface area contributed by atoms with E-state index < -0.39 is 6.10 Å². The topological polar surface area (TPSA) is 77.7 Å². The van der Waals surface area contributed by atoms with Crippen molar-refractivity contribution in [1.29, 1.82) is 0 Å². The zero-order valence-electron chi connectivity index (χ0n) is 16.7. The zero-order valence-corrected chi connectivity index (χ0v) is 16.7. The molecule has 154 valence electrons. The van der Waals surface area contributed by atoms with Crippen LogP contribution in [-0.4, -0.2) is 46.2 Å². The second kappa shape index (κ2) is 7.82. The maximum atomic E-state index is 12.6. The molecule has 0 radical (unpaired) electrons. The molecule has 1 saturated heterocycles. The third kappa shape index (κ3) is 3.87. The number of nitrogens with zero attached hydrogens (tertiary/aromatic N) is 3. The Morgan fingerprint density at radius 2 is 1.83 bits per heavy atom. The maximum Gasteiger partial charge on any atom is 0.263 e. The minimum atomic E-state index is -0.542. The van der Waals surface area contributed by atoms with Crippen LogP contribution in [0.25, 0.3) is 11.5 Å². The van der Waals surface area contributed by atoms with Crippen molar-refractivity contribution in [1.82, 2.24) is 15.0 Å². The van der Waals surface area contributed by atoms with E-state index in [2.05, 4.69) is 10.1 Å². The molecule has 0 N–H and O–H groups in total. The molecule has 2 aromatic carbocycles. The van der Waals surface area contributed by atoms with Gasteiger partial charge in [-0.25, -0.2) is 0 Å². The molecule has 2 heterocycles. The number of likely N-dealkylation sites (tertiary alicyclic amines) is 1. The predicted octanol–water partition coefficient (Wildman–Crippen LogP) is 3.67. The Bertz CT molecular complexity index is 1030. The summed E-state index contributed by atoms with van der Waals surface area (Å²) in [6.45, 7) is 2.81. The molecule has 1 aliphatic carbocycles. The normalized spacial score (nSPS) is 17.3. The summed E-state index contributed by atoms with van der Waals surface area (Å²) in [5.74, 6) is 3.01. The van der Waals surface area contributed by atoms with Crippen molar-refractivity contribution in [3.63, 3.8) is 0 Å². The summed E-state index contributed by atoms with van der Waals surface area (Å²) in [6.07, 6.45) is 1.62. The van der Waals surface area contributed by atoms with Gasteiger partial charge < -0.3 is 18.9 Å². The Morgan fingerprint density at radius 1 is 1.10 bits per heavy atom. The molecule has 7 heteroatoms. The Kier molecular flexibility index (Phi) is 4.86. The molecular formula is C23H23N3O4. The van der Waals surface area contributed by atoms with Gasteiger partial charge in [-0.3, -0.25) is 4.79 Å². The van der Waals surface area contributed by atoms with E-state index in [-0.39, 0.29) is 12.0 Å². The van der Waals surface area contributed by atoms with E-state index in [1.807, 2.05) is 54.6 Å². The van der Waals surface area contributed by atoms with Crippen LogP contribution in [0.4, 0.5) is 0 Å². The molecule has 1 unspecified atom stereocenters. The van der Waals surface area contributed by atoms with Gasteiger partial charge in [0.2, 0.25) is 0 Å². The first-order valence-electron chi connectivity index (χ1n) is 10.3. The number of para-hydroxylation sites is 2.